The highest BCUT2D eigenvalue weighted by Gasteiger charge is 2.30. The Kier molecular flexibility index (Phi) is 6.00. The monoisotopic (exact) mass is 434 g/mol. The molecule has 7 heteroatoms. The molecule has 1 N–H and O–H groups in total. The normalized spacial score (nSPS) is 20.6. The number of pyridine rings is 1. The standard InChI is InChI=1S/C25H34N6O/c1-18-22(31-14-7-6-12-23(31)27-18)17-30-13-8-9-19(16-30)24-21(15-26-28-24)25(32)29(2)20-10-4-3-5-11-20/h6-7,12,14-15,19-20H,3-5,8-11,13,16-17H2,1-2H3,(H,26,28)/t19-/m0/s1. The average molecular weight is 435 g/mol. The number of hydrogen-bond donors (Lipinski definition) is 1. The number of H-pyrrole nitrogens is 1. The first-order valence-electron chi connectivity index (χ1n) is 12.1. The minimum absolute atomic E-state index is 0.121. The number of imidazole rings is 1. The first-order chi connectivity index (χ1) is 15.6. The van der Waals surface area contributed by atoms with E-state index in [-0.39, 0.29) is 5.91 Å². The van der Waals surface area contributed by atoms with Crippen LogP contribution < -0.4 is 0 Å². The molecule has 2 fully saturated rings. The second-order valence-electron chi connectivity index (χ2n) is 9.55. The molecule has 3 aromatic rings. The number of aromatic amines is 1. The molecule has 170 valence electrons. The van der Waals surface area contributed by atoms with E-state index in [1.807, 2.05) is 18.0 Å². The lowest BCUT2D eigenvalue weighted by Crippen LogP contribution is -2.39. The molecule has 0 spiro atoms. The summed E-state index contributed by atoms with van der Waals surface area (Å²) in [5, 5.41) is 7.49. The molecule has 4 heterocycles. The number of carbonyl (C=O) groups is 1. The molecule has 0 aromatic carbocycles. The first-order valence-corrected chi connectivity index (χ1v) is 12.1. The highest BCUT2D eigenvalue weighted by atomic mass is 16.2. The van der Waals surface area contributed by atoms with Crippen molar-refractivity contribution in [1.82, 2.24) is 29.4 Å². The summed E-state index contributed by atoms with van der Waals surface area (Å²) < 4.78 is 2.20. The fourth-order valence-electron chi connectivity index (χ4n) is 5.60. The zero-order valence-electron chi connectivity index (χ0n) is 19.3. The number of nitrogens with one attached hydrogen (secondary N) is 1. The smallest absolute Gasteiger partial charge is 0.257 e. The molecular weight excluding hydrogens is 400 g/mol. The van der Waals surface area contributed by atoms with Crippen LogP contribution in [0.4, 0.5) is 0 Å². The number of fused-ring (bicyclic) bond motifs is 1. The van der Waals surface area contributed by atoms with Gasteiger partial charge in [0.15, 0.2) is 0 Å². The van der Waals surface area contributed by atoms with Gasteiger partial charge in [-0.15, -0.1) is 0 Å². The zero-order valence-corrected chi connectivity index (χ0v) is 19.3. The highest BCUT2D eigenvalue weighted by Crippen LogP contribution is 2.31. The maximum absolute atomic E-state index is 13.3. The fourth-order valence-corrected chi connectivity index (χ4v) is 5.60. The van der Waals surface area contributed by atoms with Crippen molar-refractivity contribution >= 4 is 11.6 Å². The molecule has 1 amide bonds. The molecule has 32 heavy (non-hydrogen) atoms. The Morgan fingerprint density at radius 2 is 2.03 bits per heavy atom. The number of hydrogen-bond acceptors (Lipinski definition) is 4. The molecule has 0 bridgehead atoms. The summed E-state index contributed by atoms with van der Waals surface area (Å²) in [6, 6.07) is 6.51. The topological polar surface area (TPSA) is 69.5 Å². The van der Waals surface area contributed by atoms with E-state index >= 15 is 0 Å². The molecule has 1 saturated heterocycles. The van der Waals surface area contributed by atoms with Crippen molar-refractivity contribution in [2.75, 3.05) is 20.1 Å². The molecule has 0 radical (unpaired) electrons. The Bertz CT molecular complexity index is 1080. The number of aryl methyl sites for hydroxylation is 1. The van der Waals surface area contributed by atoms with Gasteiger partial charge in [0.2, 0.25) is 0 Å². The Morgan fingerprint density at radius 3 is 2.88 bits per heavy atom. The molecule has 1 atom stereocenters. The summed E-state index contributed by atoms with van der Waals surface area (Å²) in [5.74, 6) is 0.417. The Balaban J connectivity index is 1.31. The van der Waals surface area contributed by atoms with Gasteiger partial charge in [0.1, 0.15) is 5.65 Å². The van der Waals surface area contributed by atoms with E-state index in [9.17, 15) is 4.79 Å². The van der Waals surface area contributed by atoms with E-state index in [2.05, 4.69) is 44.8 Å². The number of amides is 1. The van der Waals surface area contributed by atoms with Crippen molar-refractivity contribution in [2.24, 2.45) is 0 Å². The maximum atomic E-state index is 13.3. The second-order valence-corrected chi connectivity index (χ2v) is 9.55. The summed E-state index contributed by atoms with van der Waals surface area (Å²) in [6.45, 7) is 4.95. The highest BCUT2D eigenvalue weighted by molar-refractivity contribution is 5.95. The first kappa shape index (κ1) is 21.2. The molecule has 1 saturated carbocycles. The van der Waals surface area contributed by atoms with E-state index in [1.165, 1.54) is 25.0 Å². The van der Waals surface area contributed by atoms with Crippen LogP contribution in [-0.2, 0) is 6.54 Å². The van der Waals surface area contributed by atoms with Crippen LogP contribution >= 0.6 is 0 Å². The molecular formula is C25H34N6O. The van der Waals surface area contributed by atoms with Crippen LogP contribution in [0.2, 0.25) is 0 Å². The summed E-state index contributed by atoms with van der Waals surface area (Å²) in [7, 11) is 1.97. The molecule has 3 aromatic heterocycles. The minimum atomic E-state index is 0.121. The second kappa shape index (κ2) is 9.06. The summed E-state index contributed by atoms with van der Waals surface area (Å²) in [5.41, 5.74) is 5.11. The van der Waals surface area contributed by atoms with E-state index < -0.39 is 0 Å². The van der Waals surface area contributed by atoms with Crippen molar-refractivity contribution in [2.45, 2.75) is 70.4 Å². The van der Waals surface area contributed by atoms with Gasteiger partial charge in [0.25, 0.3) is 5.91 Å². The van der Waals surface area contributed by atoms with Crippen LogP contribution in [0.15, 0.2) is 30.6 Å². The Morgan fingerprint density at radius 1 is 1.19 bits per heavy atom. The van der Waals surface area contributed by atoms with Gasteiger partial charge in [-0.3, -0.25) is 14.8 Å². The van der Waals surface area contributed by atoms with Gasteiger partial charge in [0.05, 0.1) is 28.8 Å². The van der Waals surface area contributed by atoms with Gasteiger partial charge >= 0.3 is 0 Å². The van der Waals surface area contributed by atoms with Gasteiger partial charge in [-0.2, -0.15) is 5.10 Å². The third kappa shape index (κ3) is 4.06. The zero-order chi connectivity index (χ0) is 22.1. The third-order valence-electron chi connectivity index (χ3n) is 7.46. The minimum Gasteiger partial charge on any atom is -0.339 e. The molecule has 1 aliphatic heterocycles. The van der Waals surface area contributed by atoms with E-state index in [1.54, 1.807) is 6.20 Å². The van der Waals surface area contributed by atoms with Gasteiger partial charge in [0, 0.05) is 38.3 Å². The molecule has 5 rings (SSSR count). The molecule has 2 aliphatic rings. The summed E-state index contributed by atoms with van der Waals surface area (Å²) >= 11 is 0. The van der Waals surface area contributed by atoms with Crippen molar-refractivity contribution in [3.63, 3.8) is 0 Å². The molecule has 7 nitrogen and oxygen atoms in total. The van der Waals surface area contributed by atoms with Crippen LogP contribution in [0.3, 0.4) is 0 Å². The molecule has 0 unspecified atom stereocenters. The summed E-state index contributed by atoms with van der Waals surface area (Å²) in [4.78, 5) is 22.5. The van der Waals surface area contributed by atoms with Gasteiger partial charge in [-0.25, -0.2) is 4.98 Å². The van der Waals surface area contributed by atoms with E-state index in [0.717, 1.165) is 67.9 Å². The lowest BCUT2D eigenvalue weighted by Gasteiger charge is -2.34. The van der Waals surface area contributed by atoms with Crippen LogP contribution in [0.5, 0.6) is 0 Å². The van der Waals surface area contributed by atoms with Gasteiger partial charge in [-0.05, 0) is 51.3 Å². The number of piperidine rings is 1. The van der Waals surface area contributed by atoms with Crippen LogP contribution in [0.25, 0.3) is 5.65 Å². The van der Waals surface area contributed by atoms with Crippen molar-refractivity contribution < 1.29 is 4.79 Å². The van der Waals surface area contributed by atoms with Crippen LogP contribution in [0, 0.1) is 6.92 Å². The number of nitrogens with zero attached hydrogens (tertiary/aromatic N) is 5. The largest absolute Gasteiger partial charge is 0.339 e. The van der Waals surface area contributed by atoms with Gasteiger partial charge in [-0.1, -0.05) is 25.3 Å². The predicted octanol–water partition coefficient (Wildman–Crippen LogP) is 4.15. The SMILES string of the molecule is Cc1nc2ccccn2c1CN1CCC[C@H](c2[nH]ncc2C(=O)N(C)C2CCCCC2)C1. The number of rotatable bonds is 5. The van der Waals surface area contributed by atoms with Crippen molar-refractivity contribution in [3.8, 4) is 0 Å². The lowest BCUT2D eigenvalue weighted by molar-refractivity contribution is 0.0693. The third-order valence-corrected chi connectivity index (χ3v) is 7.46. The van der Waals surface area contributed by atoms with Crippen LogP contribution in [-0.4, -0.2) is 61.5 Å². The Labute approximate surface area is 189 Å². The quantitative estimate of drug-likeness (QED) is 0.655. The number of likely N-dealkylation sites (tertiary alicyclic amines) is 1. The van der Waals surface area contributed by atoms with E-state index in [4.69, 9.17) is 4.98 Å². The average Bonchev–Trinajstić information content (AvgIpc) is 3.44. The molecule has 1 aliphatic carbocycles. The summed E-state index contributed by atoms with van der Waals surface area (Å²) in [6.07, 6.45) is 12.0. The predicted molar refractivity (Wildman–Crippen MR) is 125 cm³/mol. The maximum Gasteiger partial charge on any atom is 0.257 e. The van der Waals surface area contributed by atoms with Crippen molar-refractivity contribution in [1.29, 1.82) is 0 Å². The van der Waals surface area contributed by atoms with Crippen molar-refractivity contribution in [3.05, 3.63) is 53.2 Å². The van der Waals surface area contributed by atoms with E-state index in [0.29, 0.717) is 12.0 Å². The number of carbonyl (C=O) groups excluding carboxylic acids is 1. The van der Waals surface area contributed by atoms with Crippen LogP contribution in [0.1, 0.15) is 78.3 Å². The van der Waals surface area contributed by atoms with Gasteiger partial charge < -0.3 is 9.30 Å². The fraction of sp³-hybridized carbons (Fsp3) is 0.560. The lowest BCUT2D eigenvalue weighted by atomic mass is 9.91. The number of aromatic nitrogens is 4. The Hall–Kier alpha value is -2.67.